The highest BCUT2D eigenvalue weighted by Gasteiger charge is 2.17. The molecule has 8 heteroatoms. The number of anilines is 1. The van der Waals surface area contributed by atoms with Gasteiger partial charge in [-0.25, -0.2) is 4.79 Å². The van der Waals surface area contributed by atoms with Gasteiger partial charge < -0.3 is 10.4 Å². The van der Waals surface area contributed by atoms with Crippen molar-refractivity contribution in [3.8, 4) is 0 Å². The van der Waals surface area contributed by atoms with Crippen LogP contribution in [-0.2, 0) is 11.2 Å². The van der Waals surface area contributed by atoms with Crippen LogP contribution in [0.4, 0.5) is 11.4 Å². The second-order valence-electron chi connectivity index (χ2n) is 5.52. The van der Waals surface area contributed by atoms with Crippen molar-refractivity contribution in [1.29, 1.82) is 0 Å². The molecule has 1 atom stereocenters. The lowest BCUT2D eigenvalue weighted by atomic mass is 10.00. The van der Waals surface area contributed by atoms with E-state index in [1.54, 1.807) is 19.1 Å². The SMILES string of the molecule is CC(Cc1cccc([N+](=O)[O-])c1)C(=O)Nc1cc(C(=O)O)ccc1Cl. The number of nitro benzene ring substituents is 1. The van der Waals surface area contributed by atoms with Crippen molar-refractivity contribution >= 4 is 34.9 Å². The minimum atomic E-state index is -1.13. The van der Waals surface area contributed by atoms with Crippen LogP contribution in [0.25, 0.3) is 0 Å². The van der Waals surface area contributed by atoms with Crippen LogP contribution in [0.2, 0.25) is 5.02 Å². The van der Waals surface area contributed by atoms with Gasteiger partial charge >= 0.3 is 5.97 Å². The molecular formula is C17H15ClN2O5. The number of non-ortho nitro benzene ring substituents is 1. The van der Waals surface area contributed by atoms with E-state index in [1.807, 2.05) is 0 Å². The highest BCUT2D eigenvalue weighted by Crippen LogP contribution is 2.24. The van der Waals surface area contributed by atoms with Crippen LogP contribution in [0, 0.1) is 16.0 Å². The Morgan fingerprint density at radius 2 is 2.00 bits per heavy atom. The summed E-state index contributed by atoms with van der Waals surface area (Å²) in [6, 6.07) is 10.1. The van der Waals surface area contributed by atoms with Gasteiger partial charge in [0.25, 0.3) is 5.69 Å². The van der Waals surface area contributed by atoms with Crippen molar-refractivity contribution in [2.24, 2.45) is 5.92 Å². The van der Waals surface area contributed by atoms with Gasteiger partial charge in [0, 0.05) is 18.1 Å². The second-order valence-corrected chi connectivity index (χ2v) is 5.93. The van der Waals surface area contributed by atoms with Gasteiger partial charge in [0.2, 0.25) is 5.91 Å². The van der Waals surface area contributed by atoms with Crippen LogP contribution in [0.1, 0.15) is 22.8 Å². The molecule has 2 rings (SSSR count). The predicted octanol–water partition coefficient (Wildman–Crippen LogP) is 3.76. The molecule has 1 unspecified atom stereocenters. The lowest BCUT2D eigenvalue weighted by molar-refractivity contribution is -0.384. The van der Waals surface area contributed by atoms with Crippen LogP contribution >= 0.6 is 11.6 Å². The third-order valence-corrected chi connectivity index (χ3v) is 3.91. The average Bonchev–Trinajstić information content (AvgIpc) is 2.56. The maximum Gasteiger partial charge on any atom is 0.335 e. The Hall–Kier alpha value is -2.93. The molecule has 0 spiro atoms. The molecule has 2 aromatic rings. The van der Waals surface area contributed by atoms with Crippen LogP contribution in [-0.4, -0.2) is 21.9 Å². The highest BCUT2D eigenvalue weighted by molar-refractivity contribution is 6.33. The van der Waals surface area contributed by atoms with E-state index >= 15 is 0 Å². The summed E-state index contributed by atoms with van der Waals surface area (Å²) < 4.78 is 0. The molecule has 1 amide bonds. The Kier molecular flexibility index (Phi) is 5.71. The molecule has 0 aliphatic rings. The number of halogens is 1. The first-order valence-electron chi connectivity index (χ1n) is 7.35. The second kappa shape index (κ2) is 7.76. The van der Waals surface area contributed by atoms with Gasteiger partial charge in [-0.1, -0.05) is 30.7 Å². The smallest absolute Gasteiger partial charge is 0.335 e. The highest BCUT2D eigenvalue weighted by atomic mass is 35.5. The molecule has 130 valence electrons. The molecule has 2 N–H and O–H groups in total. The molecule has 0 saturated carbocycles. The Balaban J connectivity index is 2.10. The van der Waals surface area contributed by atoms with E-state index in [0.717, 1.165) is 0 Å². The summed E-state index contributed by atoms with van der Waals surface area (Å²) >= 11 is 5.98. The van der Waals surface area contributed by atoms with E-state index in [-0.39, 0.29) is 27.9 Å². The van der Waals surface area contributed by atoms with Crippen molar-refractivity contribution < 1.29 is 19.6 Å². The number of amides is 1. The quantitative estimate of drug-likeness (QED) is 0.600. The van der Waals surface area contributed by atoms with Gasteiger partial charge in [-0.05, 0) is 30.2 Å². The lowest BCUT2D eigenvalue weighted by Crippen LogP contribution is -2.22. The molecule has 0 aromatic heterocycles. The van der Waals surface area contributed by atoms with Crippen LogP contribution in [0.3, 0.4) is 0 Å². The molecular weight excluding hydrogens is 348 g/mol. The summed E-state index contributed by atoms with van der Waals surface area (Å²) in [4.78, 5) is 33.6. The van der Waals surface area contributed by atoms with Gasteiger partial charge in [0.1, 0.15) is 0 Å². The van der Waals surface area contributed by atoms with E-state index in [1.165, 1.54) is 30.3 Å². The third-order valence-electron chi connectivity index (χ3n) is 3.58. The molecule has 7 nitrogen and oxygen atoms in total. The van der Waals surface area contributed by atoms with E-state index < -0.39 is 16.8 Å². The summed E-state index contributed by atoms with van der Waals surface area (Å²) in [5.41, 5.74) is 0.827. The van der Waals surface area contributed by atoms with Gasteiger partial charge in [-0.15, -0.1) is 0 Å². The van der Waals surface area contributed by atoms with Crippen LogP contribution in [0.15, 0.2) is 42.5 Å². The van der Waals surface area contributed by atoms with Gasteiger partial charge in [0.15, 0.2) is 0 Å². The molecule has 0 heterocycles. The summed E-state index contributed by atoms with van der Waals surface area (Å²) in [5.74, 6) is -1.99. The lowest BCUT2D eigenvalue weighted by Gasteiger charge is -2.13. The largest absolute Gasteiger partial charge is 0.478 e. The Labute approximate surface area is 148 Å². The number of nitro groups is 1. The summed E-state index contributed by atoms with van der Waals surface area (Å²) in [5, 5.41) is 22.6. The van der Waals surface area contributed by atoms with Gasteiger partial charge in [-0.2, -0.15) is 0 Å². The fourth-order valence-corrected chi connectivity index (χ4v) is 2.42. The zero-order chi connectivity index (χ0) is 18.6. The Bertz CT molecular complexity index is 838. The number of hydrogen-bond acceptors (Lipinski definition) is 4. The number of nitrogens with one attached hydrogen (secondary N) is 1. The van der Waals surface area contributed by atoms with Crippen LogP contribution < -0.4 is 5.32 Å². The number of carbonyl (C=O) groups excluding carboxylic acids is 1. The van der Waals surface area contributed by atoms with Crippen molar-refractivity contribution in [2.45, 2.75) is 13.3 Å². The fourth-order valence-electron chi connectivity index (χ4n) is 2.25. The van der Waals surface area contributed by atoms with Crippen LogP contribution in [0.5, 0.6) is 0 Å². The molecule has 0 bridgehead atoms. The maximum absolute atomic E-state index is 12.3. The van der Waals surface area contributed by atoms with Gasteiger partial charge in [0.05, 0.1) is 21.2 Å². The van der Waals surface area contributed by atoms with Crippen molar-refractivity contribution in [1.82, 2.24) is 0 Å². The standard InChI is InChI=1S/C17H15ClN2O5/c1-10(7-11-3-2-4-13(8-11)20(24)25)16(21)19-15-9-12(17(22)23)5-6-14(15)18/h2-6,8-10H,7H2,1H3,(H,19,21)(H,22,23). The Morgan fingerprint density at radius 3 is 2.64 bits per heavy atom. The number of carbonyl (C=O) groups is 2. The van der Waals surface area contributed by atoms with E-state index in [4.69, 9.17) is 16.7 Å². The normalized spacial score (nSPS) is 11.6. The number of carboxylic acid groups (broad SMARTS) is 1. The molecule has 2 aromatic carbocycles. The number of hydrogen-bond donors (Lipinski definition) is 2. The minimum absolute atomic E-state index is 0.00559. The first-order chi connectivity index (χ1) is 11.8. The number of nitrogens with zero attached hydrogens (tertiary/aromatic N) is 1. The van der Waals surface area contributed by atoms with Crippen molar-refractivity contribution in [2.75, 3.05) is 5.32 Å². The molecule has 0 aliphatic heterocycles. The van der Waals surface area contributed by atoms with E-state index in [9.17, 15) is 19.7 Å². The fraction of sp³-hybridized carbons (Fsp3) is 0.176. The summed E-state index contributed by atoms with van der Waals surface area (Å²) in [7, 11) is 0. The first-order valence-corrected chi connectivity index (χ1v) is 7.72. The predicted molar refractivity (Wildman–Crippen MR) is 93.0 cm³/mol. The Morgan fingerprint density at radius 1 is 1.28 bits per heavy atom. The number of carboxylic acids is 1. The topological polar surface area (TPSA) is 110 Å². The zero-order valence-electron chi connectivity index (χ0n) is 13.2. The minimum Gasteiger partial charge on any atom is -0.478 e. The molecule has 0 saturated heterocycles. The van der Waals surface area contributed by atoms with Gasteiger partial charge in [-0.3, -0.25) is 14.9 Å². The monoisotopic (exact) mass is 362 g/mol. The number of rotatable bonds is 6. The molecule has 0 aliphatic carbocycles. The van der Waals surface area contributed by atoms with Crippen molar-refractivity contribution in [3.05, 3.63) is 68.7 Å². The summed E-state index contributed by atoms with van der Waals surface area (Å²) in [6.07, 6.45) is 0.295. The first kappa shape index (κ1) is 18.4. The van der Waals surface area contributed by atoms with E-state index in [2.05, 4.69) is 5.32 Å². The number of benzene rings is 2. The molecule has 25 heavy (non-hydrogen) atoms. The van der Waals surface area contributed by atoms with E-state index in [0.29, 0.717) is 12.0 Å². The summed E-state index contributed by atoms with van der Waals surface area (Å²) in [6.45, 7) is 1.67. The zero-order valence-corrected chi connectivity index (χ0v) is 14.0. The van der Waals surface area contributed by atoms with Crippen molar-refractivity contribution in [3.63, 3.8) is 0 Å². The average molecular weight is 363 g/mol. The number of aromatic carboxylic acids is 1. The molecule has 0 radical (unpaired) electrons. The molecule has 0 fully saturated rings. The third kappa shape index (κ3) is 4.77. The maximum atomic E-state index is 12.3.